The Balaban J connectivity index is 3.04. The zero-order chi connectivity index (χ0) is 15.4. The molecule has 0 amide bonds. The van der Waals surface area contributed by atoms with Crippen molar-refractivity contribution in [2.24, 2.45) is 0 Å². The number of ether oxygens (including phenoxy) is 1. The van der Waals surface area contributed by atoms with Crippen molar-refractivity contribution >= 4 is 20.4 Å². The van der Waals surface area contributed by atoms with Crippen molar-refractivity contribution in [3.8, 4) is 0 Å². The molecule has 0 aliphatic rings. The summed E-state index contributed by atoms with van der Waals surface area (Å²) in [4.78, 5) is 12.0. The van der Waals surface area contributed by atoms with Crippen LogP contribution < -0.4 is 0 Å². The van der Waals surface area contributed by atoms with Crippen molar-refractivity contribution in [1.29, 1.82) is 0 Å². The highest BCUT2D eigenvalue weighted by molar-refractivity contribution is 6.74. The first kappa shape index (κ1) is 16.6. The Hall–Kier alpha value is -1.49. The van der Waals surface area contributed by atoms with Gasteiger partial charge in [0.2, 0.25) is 0 Å². The van der Waals surface area contributed by atoms with Crippen LogP contribution in [0.2, 0.25) is 18.1 Å². The molecule has 5 heteroatoms. The summed E-state index contributed by atoms with van der Waals surface area (Å²) in [6.07, 6.45) is 3.15. The molecule has 1 aromatic heterocycles. The van der Waals surface area contributed by atoms with Gasteiger partial charge in [0.05, 0.1) is 12.9 Å². The molecule has 112 valence electrons. The van der Waals surface area contributed by atoms with Crippen LogP contribution in [0.5, 0.6) is 0 Å². The summed E-state index contributed by atoms with van der Waals surface area (Å²) < 4.78 is 16.4. The molecular formula is C15H24O4Si. The second-order valence-corrected chi connectivity index (χ2v) is 10.8. The van der Waals surface area contributed by atoms with E-state index in [4.69, 9.17) is 13.6 Å². The van der Waals surface area contributed by atoms with Gasteiger partial charge >= 0.3 is 5.97 Å². The average molecular weight is 296 g/mol. The molecule has 0 N–H and O–H groups in total. The first-order valence-corrected chi connectivity index (χ1v) is 9.69. The zero-order valence-corrected chi connectivity index (χ0v) is 14.1. The lowest BCUT2D eigenvalue weighted by Crippen LogP contribution is -2.41. The molecular weight excluding hydrogens is 272 g/mol. The van der Waals surface area contributed by atoms with Crippen LogP contribution in [0.15, 0.2) is 28.6 Å². The lowest BCUT2D eigenvalue weighted by atomic mass is 10.2. The summed E-state index contributed by atoms with van der Waals surface area (Å²) in [5, 5.41) is 0.00173. The van der Waals surface area contributed by atoms with Crippen LogP contribution >= 0.6 is 0 Å². The molecule has 0 saturated carbocycles. The molecule has 0 aliphatic carbocycles. The lowest BCUT2D eigenvalue weighted by molar-refractivity contribution is -0.141. The number of hydrogen-bond donors (Lipinski definition) is 0. The average Bonchev–Trinajstić information content (AvgIpc) is 2.79. The van der Waals surface area contributed by atoms with Crippen molar-refractivity contribution in [2.45, 2.75) is 45.8 Å². The van der Waals surface area contributed by atoms with E-state index in [1.807, 2.05) is 0 Å². The van der Waals surface area contributed by atoms with Crippen LogP contribution in [0.1, 0.15) is 33.5 Å². The summed E-state index contributed by atoms with van der Waals surface area (Å²) in [7, 11) is -2.10. The molecule has 1 heterocycles. The van der Waals surface area contributed by atoms with Gasteiger partial charge in [-0.25, -0.2) is 4.79 Å². The number of carbonyl (C=O) groups is 1. The van der Waals surface area contributed by atoms with E-state index < -0.39 is 14.3 Å². The van der Waals surface area contributed by atoms with Crippen molar-refractivity contribution < 1.29 is 18.4 Å². The SMILES string of the molecule is CCOC(=O)/C(=C\c1ccco1)O[Si](C)(C)C(C)(C)C. The van der Waals surface area contributed by atoms with Crippen LogP contribution in [0.4, 0.5) is 0 Å². The number of hydrogen-bond acceptors (Lipinski definition) is 4. The normalized spacial score (nSPS) is 13.2. The molecule has 1 aromatic rings. The van der Waals surface area contributed by atoms with E-state index in [0.29, 0.717) is 12.4 Å². The molecule has 0 spiro atoms. The van der Waals surface area contributed by atoms with Crippen LogP contribution in [-0.4, -0.2) is 20.9 Å². The standard InChI is InChI=1S/C15H24O4Si/c1-7-17-14(16)13(11-12-9-8-10-18-12)19-20(5,6)15(2,3)4/h8-11H,7H2,1-6H3/b13-11+. The fraction of sp³-hybridized carbons (Fsp3) is 0.533. The number of esters is 1. The van der Waals surface area contributed by atoms with Gasteiger partial charge in [0.1, 0.15) is 5.76 Å². The molecule has 0 fully saturated rings. The fourth-order valence-electron chi connectivity index (χ4n) is 1.26. The summed E-state index contributed by atoms with van der Waals surface area (Å²) in [5.41, 5.74) is 0. The van der Waals surface area contributed by atoms with E-state index >= 15 is 0 Å². The molecule has 0 radical (unpaired) electrons. The van der Waals surface area contributed by atoms with Gasteiger partial charge in [0.15, 0.2) is 5.76 Å². The number of rotatable bonds is 5. The van der Waals surface area contributed by atoms with E-state index in [9.17, 15) is 4.79 Å². The van der Waals surface area contributed by atoms with Crippen LogP contribution in [0.25, 0.3) is 6.08 Å². The number of furan rings is 1. The molecule has 0 saturated heterocycles. The third-order valence-corrected chi connectivity index (χ3v) is 7.81. The van der Waals surface area contributed by atoms with E-state index in [2.05, 4.69) is 33.9 Å². The maximum Gasteiger partial charge on any atom is 0.372 e. The molecule has 0 aromatic carbocycles. The minimum absolute atomic E-state index is 0.00173. The molecule has 0 atom stereocenters. The van der Waals surface area contributed by atoms with Crippen molar-refractivity contribution in [3.63, 3.8) is 0 Å². The topological polar surface area (TPSA) is 48.7 Å². The third kappa shape index (κ3) is 4.26. The maximum atomic E-state index is 12.0. The van der Waals surface area contributed by atoms with E-state index in [1.54, 1.807) is 31.4 Å². The molecule has 0 aliphatic heterocycles. The predicted octanol–water partition coefficient (Wildman–Crippen LogP) is 4.21. The van der Waals surface area contributed by atoms with Crippen LogP contribution in [0.3, 0.4) is 0 Å². The van der Waals surface area contributed by atoms with Gasteiger partial charge in [0, 0.05) is 6.08 Å². The first-order chi connectivity index (χ1) is 9.17. The third-order valence-electron chi connectivity index (χ3n) is 3.46. The minimum Gasteiger partial charge on any atom is -0.539 e. The smallest absolute Gasteiger partial charge is 0.372 e. The Morgan fingerprint density at radius 2 is 2.05 bits per heavy atom. The Labute approximate surface area is 121 Å². The number of carbonyl (C=O) groups excluding carboxylic acids is 1. The van der Waals surface area contributed by atoms with Crippen molar-refractivity contribution in [1.82, 2.24) is 0 Å². The van der Waals surface area contributed by atoms with Gasteiger partial charge in [-0.1, -0.05) is 20.8 Å². The van der Waals surface area contributed by atoms with Crippen molar-refractivity contribution in [2.75, 3.05) is 6.61 Å². The minimum atomic E-state index is -2.10. The van der Waals surface area contributed by atoms with Gasteiger partial charge in [-0.05, 0) is 37.2 Å². The molecule has 4 nitrogen and oxygen atoms in total. The van der Waals surface area contributed by atoms with Gasteiger partial charge in [-0.3, -0.25) is 0 Å². The maximum absolute atomic E-state index is 12.0. The van der Waals surface area contributed by atoms with Gasteiger partial charge in [-0.15, -0.1) is 0 Å². The summed E-state index contributed by atoms with van der Waals surface area (Å²) >= 11 is 0. The van der Waals surface area contributed by atoms with E-state index in [0.717, 1.165) is 0 Å². The van der Waals surface area contributed by atoms with E-state index in [-0.39, 0.29) is 10.8 Å². The lowest BCUT2D eigenvalue weighted by Gasteiger charge is -2.36. The summed E-state index contributed by atoms with van der Waals surface area (Å²) in [6, 6.07) is 3.54. The molecule has 1 rings (SSSR count). The Morgan fingerprint density at radius 1 is 1.40 bits per heavy atom. The first-order valence-electron chi connectivity index (χ1n) is 6.78. The van der Waals surface area contributed by atoms with Crippen molar-refractivity contribution in [3.05, 3.63) is 29.9 Å². The monoisotopic (exact) mass is 296 g/mol. The fourth-order valence-corrected chi connectivity index (χ4v) is 2.26. The molecule has 20 heavy (non-hydrogen) atoms. The van der Waals surface area contributed by atoms with E-state index in [1.165, 1.54) is 0 Å². The van der Waals surface area contributed by atoms with Crippen LogP contribution in [-0.2, 0) is 14.0 Å². The molecule has 0 bridgehead atoms. The highest BCUT2D eigenvalue weighted by Gasteiger charge is 2.40. The summed E-state index contributed by atoms with van der Waals surface area (Å²) in [5.74, 6) is 0.342. The highest BCUT2D eigenvalue weighted by Crippen LogP contribution is 2.38. The predicted molar refractivity (Wildman–Crippen MR) is 81.6 cm³/mol. The second kappa shape index (κ2) is 6.30. The van der Waals surface area contributed by atoms with Crippen LogP contribution in [0, 0.1) is 0 Å². The highest BCUT2D eigenvalue weighted by atomic mass is 28.4. The Morgan fingerprint density at radius 3 is 2.50 bits per heavy atom. The Kier molecular flexibility index (Phi) is 5.22. The largest absolute Gasteiger partial charge is 0.539 e. The Bertz CT molecular complexity index is 467. The van der Waals surface area contributed by atoms with Gasteiger partial charge in [0.25, 0.3) is 8.32 Å². The molecule has 0 unspecified atom stereocenters. The zero-order valence-electron chi connectivity index (χ0n) is 13.1. The quantitative estimate of drug-likeness (QED) is 0.353. The van der Waals surface area contributed by atoms with Gasteiger partial charge in [-0.2, -0.15) is 0 Å². The second-order valence-electron chi connectivity index (χ2n) is 6.11. The van der Waals surface area contributed by atoms with Gasteiger partial charge < -0.3 is 13.6 Å². The summed E-state index contributed by atoms with van der Waals surface area (Å²) in [6.45, 7) is 12.6.